The quantitative estimate of drug-likeness (QED) is 0.861. The Bertz CT molecular complexity index is 597. The van der Waals surface area contributed by atoms with Gasteiger partial charge >= 0.3 is 0 Å². The Labute approximate surface area is 130 Å². The van der Waals surface area contributed by atoms with Crippen LogP contribution in [0.15, 0.2) is 24.3 Å². The van der Waals surface area contributed by atoms with Crippen molar-refractivity contribution in [2.24, 2.45) is 0 Å². The van der Waals surface area contributed by atoms with E-state index in [-0.39, 0.29) is 17.5 Å². The maximum absolute atomic E-state index is 11.6. The lowest BCUT2D eigenvalue weighted by Gasteiger charge is -2.39. The molecule has 5 nitrogen and oxygen atoms in total. The molecule has 2 aliphatic heterocycles. The van der Waals surface area contributed by atoms with Gasteiger partial charge < -0.3 is 10.0 Å². The van der Waals surface area contributed by atoms with Crippen molar-refractivity contribution in [1.82, 2.24) is 4.90 Å². The van der Waals surface area contributed by atoms with Gasteiger partial charge in [0.1, 0.15) is 0 Å². The Morgan fingerprint density at radius 1 is 1.05 bits per heavy atom. The summed E-state index contributed by atoms with van der Waals surface area (Å²) in [5.74, 6) is -0.0236. The number of hydrogen-bond donors (Lipinski definition) is 1. The molecule has 2 unspecified atom stereocenters. The lowest BCUT2D eigenvalue weighted by atomic mass is 10.1. The van der Waals surface area contributed by atoms with Gasteiger partial charge in [-0.1, -0.05) is 11.6 Å². The Morgan fingerprint density at radius 3 is 2.19 bits per heavy atom. The summed E-state index contributed by atoms with van der Waals surface area (Å²) in [6, 6.07) is 7.48. The monoisotopic (exact) mass is 330 g/mol. The van der Waals surface area contributed by atoms with Crippen molar-refractivity contribution in [3.05, 3.63) is 29.3 Å². The number of rotatable bonds is 2. The average molecular weight is 331 g/mol. The molecule has 2 saturated heterocycles. The van der Waals surface area contributed by atoms with Gasteiger partial charge in [-0.25, -0.2) is 8.42 Å². The van der Waals surface area contributed by atoms with Crippen molar-refractivity contribution in [3.8, 4) is 0 Å². The van der Waals surface area contributed by atoms with Crippen molar-refractivity contribution < 1.29 is 13.5 Å². The molecule has 1 N–H and O–H groups in total. The van der Waals surface area contributed by atoms with E-state index in [4.69, 9.17) is 11.6 Å². The van der Waals surface area contributed by atoms with Crippen molar-refractivity contribution >= 4 is 27.1 Å². The number of hydrogen-bond acceptors (Lipinski definition) is 5. The van der Waals surface area contributed by atoms with E-state index in [1.54, 1.807) is 0 Å². The second-order valence-electron chi connectivity index (χ2n) is 5.71. The normalized spacial score (nSPS) is 29.7. The molecule has 0 saturated carbocycles. The summed E-state index contributed by atoms with van der Waals surface area (Å²) in [4.78, 5) is 4.35. The molecule has 116 valence electrons. The van der Waals surface area contributed by atoms with Crippen molar-refractivity contribution in [3.63, 3.8) is 0 Å². The predicted octanol–water partition coefficient (Wildman–Crippen LogP) is 0.620. The Balaban J connectivity index is 1.62. The Hall–Kier alpha value is -0.820. The molecule has 3 rings (SSSR count). The smallest absolute Gasteiger partial charge is 0.154 e. The summed E-state index contributed by atoms with van der Waals surface area (Å²) in [5.41, 5.74) is 1.12. The second-order valence-corrected chi connectivity index (χ2v) is 8.30. The first-order valence-electron chi connectivity index (χ1n) is 7.08. The van der Waals surface area contributed by atoms with Crippen molar-refractivity contribution in [1.29, 1.82) is 0 Å². The highest BCUT2D eigenvalue weighted by molar-refractivity contribution is 7.91. The first kappa shape index (κ1) is 15.1. The van der Waals surface area contributed by atoms with Crippen LogP contribution in [-0.2, 0) is 9.84 Å². The van der Waals surface area contributed by atoms with Gasteiger partial charge in [0.25, 0.3) is 0 Å². The highest BCUT2D eigenvalue weighted by atomic mass is 35.5. The van der Waals surface area contributed by atoms with E-state index in [1.165, 1.54) is 0 Å². The van der Waals surface area contributed by atoms with Crippen LogP contribution >= 0.6 is 11.6 Å². The minimum atomic E-state index is -3.08. The van der Waals surface area contributed by atoms with Crippen LogP contribution in [0.25, 0.3) is 0 Å². The Kier molecular flexibility index (Phi) is 4.14. The molecular formula is C14H19ClN2O3S. The summed E-state index contributed by atoms with van der Waals surface area (Å²) in [6.45, 7) is 3.18. The summed E-state index contributed by atoms with van der Waals surface area (Å²) < 4.78 is 23.2. The van der Waals surface area contributed by atoms with E-state index < -0.39 is 15.9 Å². The lowest BCUT2D eigenvalue weighted by molar-refractivity contribution is 0.0793. The standard InChI is InChI=1S/C14H19ClN2O3S/c15-11-1-3-12(4-2-11)16-5-7-17(8-6-16)13-9-21(19,20)10-14(13)18/h1-4,13-14,18H,5-10H2. The van der Waals surface area contributed by atoms with Gasteiger partial charge in [-0.3, -0.25) is 4.90 Å². The molecule has 0 bridgehead atoms. The number of nitrogens with zero attached hydrogens (tertiary/aromatic N) is 2. The predicted molar refractivity (Wildman–Crippen MR) is 83.7 cm³/mol. The zero-order chi connectivity index (χ0) is 15.0. The van der Waals surface area contributed by atoms with Crippen LogP contribution in [0.5, 0.6) is 0 Å². The van der Waals surface area contributed by atoms with Gasteiger partial charge in [0.05, 0.1) is 23.7 Å². The number of piperazine rings is 1. The van der Waals surface area contributed by atoms with Gasteiger partial charge in [-0.2, -0.15) is 0 Å². The minimum Gasteiger partial charge on any atom is -0.390 e. The van der Waals surface area contributed by atoms with Crippen LogP contribution in [0.2, 0.25) is 5.02 Å². The summed E-state index contributed by atoms with van der Waals surface area (Å²) in [6.07, 6.45) is -0.753. The zero-order valence-corrected chi connectivity index (χ0v) is 13.2. The van der Waals surface area contributed by atoms with Gasteiger partial charge in [-0.05, 0) is 24.3 Å². The summed E-state index contributed by atoms with van der Waals surface area (Å²) in [5, 5.41) is 10.7. The molecule has 1 aromatic carbocycles. The molecule has 0 radical (unpaired) electrons. The lowest BCUT2D eigenvalue weighted by Crippen LogP contribution is -2.53. The van der Waals surface area contributed by atoms with E-state index in [9.17, 15) is 13.5 Å². The van der Waals surface area contributed by atoms with Crippen LogP contribution in [0.1, 0.15) is 0 Å². The van der Waals surface area contributed by atoms with E-state index in [0.717, 1.165) is 36.9 Å². The topological polar surface area (TPSA) is 60.9 Å². The first-order valence-corrected chi connectivity index (χ1v) is 9.28. The van der Waals surface area contributed by atoms with E-state index in [1.807, 2.05) is 24.3 Å². The van der Waals surface area contributed by atoms with Crippen LogP contribution < -0.4 is 4.90 Å². The maximum atomic E-state index is 11.6. The molecule has 0 amide bonds. The molecule has 2 aliphatic rings. The first-order chi connectivity index (χ1) is 9.94. The molecule has 1 aromatic rings. The minimum absolute atomic E-state index is 0.0785. The molecule has 2 atom stereocenters. The number of anilines is 1. The fraction of sp³-hybridized carbons (Fsp3) is 0.571. The fourth-order valence-electron chi connectivity index (χ4n) is 3.12. The van der Waals surface area contributed by atoms with E-state index >= 15 is 0 Å². The van der Waals surface area contributed by atoms with E-state index in [2.05, 4.69) is 9.80 Å². The van der Waals surface area contributed by atoms with Crippen molar-refractivity contribution in [2.45, 2.75) is 12.1 Å². The average Bonchev–Trinajstić information content (AvgIpc) is 2.73. The highest BCUT2D eigenvalue weighted by Gasteiger charge is 2.40. The molecule has 0 aromatic heterocycles. The Morgan fingerprint density at radius 2 is 1.67 bits per heavy atom. The van der Waals surface area contributed by atoms with Crippen LogP contribution in [0.3, 0.4) is 0 Å². The van der Waals surface area contributed by atoms with Gasteiger partial charge in [-0.15, -0.1) is 0 Å². The SMILES string of the molecule is O=S1(=O)CC(O)C(N2CCN(c3ccc(Cl)cc3)CC2)C1. The molecule has 7 heteroatoms. The van der Waals surface area contributed by atoms with Crippen LogP contribution in [-0.4, -0.2) is 68.3 Å². The molecule has 0 aliphatic carbocycles. The second kappa shape index (κ2) is 5.76. The van der Waals surface area contributed by atoms with Gasteiger partial charge in [0.15, 0.2) is 9.84 Å². The number of aliphatic hydroxyl groups is 1. The molecule has 0 spiro atoms. The third-order valence-electron chi connectivity index (χ3n) is 4.27. The molecule has 2 heterocycles. The molecule has 21 heavy (non-hydrogen) atoms. The summed E-state index contributed by atoms with van der Waals surface area (Å²) in [7, 11) is -3.08. The van der Waals surface area contributed by atoms with Crippen LogP contribution in [0.4, 0.5) is 5.69 Å². The van der Waals surface area contributed by atoms with E-state index in [0.29, 0.717) is 0 Å². The third-order valence-corrected chi connectivity index (χ3v) is 6.22. The fourth-order valence-corrected chi connectivity index (χ4v) is 5.08. The summed E-state index contributed by atoms with van der Waals surface area (Å²) >= 11 is 5.89. The number of sulfone groups is 1. The molecular weight excluding hydrogens is 312 g/mol. The van der Waals surface area contributed by atoms with Gasteiger partial charge in [0.2, 0.25) is 0 Å². The zero-order valence-electron chi connectivity index (χ0n) is 11.7. The maximum Gasteiger partial charge on any atom is 0.154 e. The largest absolute Gasteiger partial charge is 0.390 e. The van der Waals surface area contributed by atoms with Crippen molar-refractivity contribution in [2.75, 3.05) is 42.6 Å². The van der Waals surface area contributed by atoms with Gasteiger partial charge in [0, 0.05) is 36.9 Å². The highest BCUT2D eigenvalue weighted by Crippen LogP contribution is 2.23. The number of halogens is 1. The van der Waals surface area contributed by atoms with Crippen LogP contribution in [0, 0.1) is 0 Å². The number of aliphatic hydroxyl groups excluding tert-OH is 1. The third kappa shape index (κ3) is 3.34. The molecule has 2 fully saturated rings. The number of benzene rings is 1.